The van der Waals surface area contributed by atoms with E-state index in [1.165, 1.54) is 16.4 Å². The molecule has 0 saturated heterocycles. The van der Waals surface area contributed by atoms with Crippen LogP contribution < -0.4 is 5.43 Å². The highest BCUT2D eigenvalue weighted by Gasteiger charge is 2.27. The topological polar surface area (TPSA) is 105 Å². The molecule has 0 aromatic heterocycles. The van der Waals surface area contributed by atoms with Crippen LogP contribution in [0.15, 0.2) is 88.9 Å². The third-order valence-corrected chi connectivity index (χ3v) is 7.32. The number of sulfonamides is 1. The molecule has 3 aromatic carbocycles. The molecule has 0 fully saturated rings. The first kappa shape index (κ1) is 24.1. The molecule has 3 aromatic rings. The number of nitro groups is 1. The van der Waals surface area contributed by atoms with Gasteiger partial charge in [-0.25, -0.2) is 8.42 Å². The number of anilines is 1. The number of hydrogen-bond donors (Lipinski definition) is 1. The second kappa shape index (κ2) is 10.8. The third kappa shape index (κ3) is 5.63. The predicted molar refractivity (Wildman–Crippen MR) is 130 cm³/mol. The van der Waals surface area contributed by atoms with Crippen LogP contribution in [-0.4, -0.2) is 37.0 Å². The molecule has 172 valence electrons. The van der Waals surface area contributed by atoms with E-state index in [0.29, 0.717) is 0 Å². The Kier molecular flexibility index (Phi) is 7.92. The van der Waals surface area contributed by atoms with E-state index in [4.69, 9.17) is 0 Å². The van der Waals surface area contributed by atoms with Crippen LogP contribution in [0, 0.1) is 10.1 Å². The van der Waals surface area contributed by atoms with Crippen LogP contribution in [0.4, 0.5) is 11.4 Å². The summed E-state index contributed by atoms with van der Waals surface area (Å²) in [6.45, 7) is 3.92. The molecule has 0 heterocycles. The summed E-state index contributed by atoms with van der Waals surface area (Å²) in [5.41, 5.74) is 4.71. The van der Waals surface area contributed by atoms with E-state index in [-0.39, 0.29) is 35.3 Å². The molecule has 8 nitrogen and oxygen atoms in total. The van der Waals surface area contributed by atoms with Gasteiger partial charge in [0.25, 0.3) is 5.69 Å². The molecular weight excluding hydrogens is 440 g/mol. The van der Waals surface area contributed by atoms with Gasteiger partial charge >= 0.3 is 0 Å². The van der Waals surface area contributed by atoms with Gasteiger partial charge in [-0.1, -0.05) is 74.5 Å². The Morgan fingerprint density at radius 1 is 0.970 bits per heavy atom. The van der Waals surface area contributed by atoms with Gasteiger partial charge in [-0.2, -0.15) is 9.41 Å². The predicted octanol–water partition coefficient (Wildman–Crippen LogP) is 4.86. The van der Waals surface area contributed by atoms with Crippen LogP contribution in [0.2, 0.25) is 0 Å². The van der Waals surface area contributed by atoms with Gasteiger partial charge in [0, 0.05) is 37.4 Å². The van der Waals surface area contributed by atoms with Gasteiger partial charge in [-0.05, 0) is 17.2 Å². The average Bonchev–Trinajstić information content (AvgIpc) is 2.83. The van der Waals surface area contributed by atoms with Crippen molar-refractivity contribution >= 4 is 27.6 Å². The van der Waals surface area contributed by atoms with E-state index in [0.717, 1.165) is 17.2 Å². The first-order valence-corrected chi connectivity index (χ1v) is 12.0. The van der Waals surface area contributed by atoms with E-state index >= 15 is 0 Å². The monoisotopic (exact) mass is 466 g/mol. The lowest BCUT2D eigenvalue weighted by atomic mass is 9.92. The standard InChI is InChI=1S/C24H26N4O4S/c1-3-27(4-2)33(31,32)24-17-21(28(29)30)15-16-23(24)26-25-18-22(19-11-7-5-8-12-19)20-13-9-6-10-14-20/h5-18,22,26H,3-4H2,1-2H3/b25-18-. The lowest BCUT2D eigenvalue weighted by Gasteiger charge is -2.20. The molecule has 1 N–H and O–H groups in total. The van der Waals surface area contributed by atoms with Crippen molar-refractivity contribution in [2.75, 3.05) is 18.5 Å². The summed E-state index contributed by atoms with van der Waals surface area (Å²) >= 11 is 0. The second-order valence-corrected chi connectivity index (χ2v) is 9.12. The van der Waals surface area contributed by atoms with Crippen LogP contribution in [0.1, 0.15) is 30.9 Å². The molecule has 0 radical (unpaired) electrons. The quantitative estimate of drug-likeness (QED) is 0.261. The maximum Gasteiger partial charge on any atom is 0.270 e. The number of benzene rings is 3. The zero-order chi connectivity index (χ0) is 23.8. The average molecular weight is 467 g/mol. The summed E-state index contributed by atoms with van der Waals surface area (Å²) in [7, 11) is -3.95. The molecule has 0 spiro atoms. The van der Waals surface area contributed by atoms with Gasteiger partial charge < -0.3 is 0 Å². The summed E-state index contributed by atoms with van der Waals surface area (Å²) in [6.07, 6.45) is 1.69. The van der Waals surface area contributed by atoms with Crippen molar-refractivity contribution in [3.63, 3.8) is 0 Å². The molecule has 3 rings (SSSR count). The highest BCUT2D eigenvalue weighted by Crippen LogP contribution is 2.29. The van der Waals surface area contributed by atoms with Gasteiger partial charge in [0.2, 0.25) is 10.0 Å². The summed E-state index contributed by atoms with van der Waals surface area (Å²) in [4.78, 5) is 10.5. The van der Waals surface area contributed by atoms with E-state index < -0.39 is 14.9 Å². The lowest BCUT2D eigenvalue weighted by Crippen LogP contribution is -2.31. The molecule has 0 saturated carbocycles. The van der Waals surface area contributed by atoms with Gasteiger partial charge in [-0.3, -0.25) is 15.5 Å². The van der Waals surface area contributed by atoms with E-state index in [9.17, 15) is 18.5 Å². The normalized spacial score (nSPS) is 11.9. The summed E-state index contributed by atoms with van der Waals surface area (Å²) < 4.78 is 27.5. The molecule has 0 atom stereocenters. The zero-order valence-electron chi connectivity index (χ0n) is 18.5. The maximum absolute atomic E-state index is 13.1. The number of rotatable bonds is 10. The Bertz CT molecular complexity index is 1170. The number of hydrazone groups is 1. The third-order valence-electron chi connectivity index (χ3n) is 5.23. The maximum atomic E-state index is 13.1. The molecule has 33 heavy (non-hydrogen) atoms. The molecule has 0 aliphatic rings. The Morgan fingerprint density at radius 3 is 2.00 bits per heavy atom. The van der Waals surface area contributed by atoms with Crippen LogP contribution in [0.3, 0.4) is 0 Å². The lowest BCUT2D eigenvalue weighted by molar-refractivity contribution is -0.385. The number of nitro benzene ring substituents is 1. The Labute approximate surface area is 193 Å². The van der Waals surface area contributed by atoms with Gasteiger partial charge in [-0.15, -0.1) is 0 Å². The highest BCUT2D eigenvalue weighted by atomic mass is 32.2. The minimum Gasteiger partial charge on any atom is -0.277 e. The molecule has 9 heteroatoms. The van der Waals surface area contributed by atoms with Crippen LogP contribution in [-0.2, 0) is 10.0 Å². The van der Waals surface area contributed by atoms with Crippen LogP contribution in [0.25, 0.3) is 0 Å². The molecule has 0 aliphatic heterocycles. The molecule has 0 bridgehead atoms. The summed E-state index contributed by atoms with van der Waals surface area (Å²) in [6, 6.07) is 23.3. The summed E-state index contributed by atoms with van der Waals surface area (Å²) in [5, 5.41) is 15.6. The summed E-state index contributed by atoms with van der Waals surface area (Å²) in [5.74, 6) is -0.166. The van der Waals surface area contributed by atoms with Crippen molar-refractivity contribution in [3.05, 3.63) is 100 Å². The van der Waals surface area contributed by atoms with Crippen molar-refractivity contribution in [1.29, 1.82) is 0 Å². The second-order valence-electron chi connectivity index (χ2n) is 7.22. The van der Waals surface area contributed by atoms with E-state index in [1.807, 2.05) is 60.7 Å². The minimum absolute atomic E-state index is 0.166. The molecule has 0 amide bonds. The number of non-ortho nitro benzene ring substituents is 1. The molecule has 0 unspecified atom stereocenters. The zero-order valence-corrected chi connectivity index (χ0v) is 19.3. The van der Waals surface area contributed by atoms with Crippen molar-refractivity contribution in [2.24, 2.45) is 5.10 Å². The van der Waals surface area contributed by atoms with Crippen molar-refractivity contribution < 1.29 is 13.3 Å². The first-order chi connectivity index (χ1) is 15.9. The van der Waals surface area contributed by atoms with Crippen LogP contribution in [0.5, 0.6) is 0 Å². The Hall–Kier alpha value is -3.56. The Balaban J connectivity index is 1.99. The van der Waals surface area contributed by atoms with Crippen molar-refractivity contribution in [3.8, 4) is 0 Å². The first-order valence-electron chi connectivity index (χ1n) is 10.6. The van der Waals surface area contributed by atoms with Crippen LogP contribution >= 0.6 is 0 Å². The van der Waals surface area contributed by atoms with E-state index in [1.54, 1.807) is 20.1 Å². The van der Waals surface area contributed by atoms with Crippen molar-refractivity contribution in [2.45, 2.75) is 24.7 Å². The number of nitrogens with one attached hydrogen (secondary N) is 1. The van der Waals surface area contributed by atoms with E-state index in [2.05, 4.69) is 10.5 Å². The smallest absolute Gasteiger partial charge is 0.270 e. The number of hydrogen-bond acceptors (Lipinski definition) is 6. The fourth-order valence-electron chi connectivity index (χ4n) is 3.50. The van der Waals surface area contributed by atoms with Gasteiger partial charge in [0.1, 0.15) is 4.90 Å². The number of nitrogens with zero attached hydrogens (tertiary/aromatic N) is 3. The minimum atomic E-state index is -3.95. The van der Waals surface area contributed by atoms with Gasteiger partial charge in [0.15, 0.2) is 0 Å². The fraction of sp³-hybridized carbons (Fsp3) is 0.208. The molecular formula is C24H26N4O4S. The largest absolute Gasteiger partial charge is 0.277 e. The molecule has 0 aliphatic carbocycles. The van der Waals surface area contributed by atoms with Crippen molar-refractivity contribution in [1.82, 2.24) is 4.31 Å². The highest BCUT2D eigenvalue weighted by molar-refractivity contribution is 7.89. The Morgan fingerprint density at radius 2 is 1.52 bits per heavy atom. The SMILES string of the molecule is CCN(CC)S(=O)(=O)c1cc([N+](=O)[O-])ccc1N/N=C\C(c1ccccc1)c1ccccc1. The fourth-order valence-corrected chi connectivity index (χ4v) is 5.12. The van der Waals surface area contributed by atoms with Gasteiger partial charge in [0.05, 0.1) is 10.6 Å².